The van der Waals surface area contributed by atoms with Gasteiger partial charge >= 0.3 is 5.97 Å². The van der Waals surface area contributed by atoms with Crippen molar-refractivity contribution in [3.63, 3.8) is 0 Å². The van der Waals surface area contributed by atoms with E-state index in [1.807, 2.05) is 6.07 Å². The van der Waals surface area contributed by atoms with Gasteiger partial charge in [-0.25, -0.2) is 9.69 Å². The molecule has 172 valence electrons. The van der Waals surface area contributed by atoms with Crippen LogP contribution < -0.4 is 10.2 Å². The van der Waals surface area contributed by atoms with E-state index in [4.69, 9.17) is 27.9 Å². The second-order valence-corrected chi connectivity index (χ2v) is 9.20. The first-order valence-electron chi connectivity index (χ1n) is 10.7. The lowest BCUT2D eigenvalue weighted by Crippen LogP contribution is -2.53. The maximum atomic E-state index is 13.9. The molecule has 2 aliphatic heterocycles. The third kappa shape index (κ3) is 3.33. The molecule has 2 saturated heterocycles. The Hall–Kier alpha value is -3.19. The molecule has 2 heterocycles. The minimum atomic E-state index is -1.56. The molecule has 0 spiro atoms. The quantitative estimate of drug-likeness (QED) is 0.426. The predicted octanol–water partition coefficient (Wildman–Crippen LogP) is 4.51. The molecule has 2 fully saturated rings. The standard InChI is InChI=1S/C26H20Cl2N2O4/c1-34-25(33)26(16-5-3-2-4-6-16)21-20(22(29-26)15-7-9-17(27)10-8-15)23(31)30(24(21)32)19-13-11-18(28)12-14-19/h2-14,20-22,29H,1H3/t20-,21-,22-,26+/m0/s1. The van der Waals surface area contributed by atoms with Crippen molar-refractivity contribution in [1.82, 2.24) is 5.32 Å². The number of benzene rings is 3. The monoisotopic (exact) mass is 494 g/mol. The van der Waals surface area contributed by atoms with Gasteiger partial charge < -0.3 is 4.74 Å². The zero-order valence-electron chi connectivity index (χ0n) is 18.1. The van der Waals surface area contributed by atoms with Crippen LogP contribution in [0, 0.1) is 11.8 Å². The molecule has 2 amide bonds. The molecule has 0 radical (unpaired) electrons. The summed E-state index contributed by atoms with van der Waals surface area (Å²) in [5.41, 5.74) is 0.127. The topological polar surface area (TPSA) is 75.7 Å². The zero-order valence-corrected chi connectivity index (χ0v) is 19.6. The van der Waals surface area contributed by atoms with Crippen molar-refractivity contribution in [3.05, 3.63) is 100 Å². The van der Waals surface area contributed by atoms with Crippen LogP contribution in [0.1, 0.15) is 17.2 Å². The summed E-state index contributed by atoms with van der Waals surface area (Å²) in [6, 6.07) is 21.7. The van der Waals surface area contributed by atoms with Gasteiger partial charge in [-0.1, -0.05) is 65.7 Å². The van der Waals surface area contributed by atoms with E-state index in [1.54, 1.807) is 72.8 Å². The smallest absolute Gasteiger partial charge is 0.331 e. The Balaban J connectivity index is 1.72. The van der Waals surface area contributed by atoms with Gasteiger partial charge in [-0.2, -0.15) is 0 Å². The van der Waals surface area contributed by atoms with Gasteiger partial charge in [0.05, 0.1) is 24.6 Å². The number of halogens is 2. The first-order valence-corrected chi connectivity index (χ1v) is 11.4. The predicted molar refractivity (Wildman–Crippen MR) is 128 cm³/mol. The first kappa shape index (κ1) is 22.6. The van der Waals surface area contributed by atoms with E-state index < -0.39 is 41.2 Å². The highest BCUT2D eigenvalue weighted by Gasteiger charge is 2.69. The fraction of sp³-hybridized carbons (Fsp3) is 0.192. The van der Waals surface area contributed by atoms with Crippen molar-refractivity contribution in [2.75, 3.05) is 12.0 Å². The Morgan fingerprint density at radius 1 is 0.882 bits per heavy atom. The molecule has 34 heavy (non-hydrogen) atoms. The molecular weight excluding hydrogens is 475 g/mol. The van der Waals surface area contributed by atoms with Gasteiger partial charge in [0.25, 0.3) is 0 Å². The van der Waals surface area contributed by atoms with Crippen LogP contribution in [0.15, 0.2) is 78.9 Å². The number of amides is 2. The fourth-order valence-electron chi connectivity index (χ4n) is 5.14. The number of hydrogen-bond acceptors (Lipinski definition) is 5. The lowest BCUT2D eigenvalue weighted by molar-refractivity contribution is -0.152. The van der Waals surface area contributed by atoms with Gasteiger partial charge in [-0.05, 0) is 47.5 Å². The molecule has 3 aromatic carbocycles. The number of ether oxygens (including phenoxy) is 1. The van der Waals surface area contributed by atoms with Crippen molar-refractivity contribution in [2.45, 2.75) is 11.6 Å². The zero-order chi connectivity index (χ0) is 24.0. The summed E-state index contributed by atoms with van der Waals surface area (Å²) in [4.78, 5) is 42.3. The minimum Gasteiger partial charge on any atom is -0.467 e. The summed E-state index contributed by atoms with van der Waals surface area (Å²) >= 11 is 12.1. The van der Waals surface area contributed by atoms with Gasteiger partial charge in [-0.15, -0.1) is 0 Å². The number of rotatable bonds is 4. The molecule has 0 aromatic heterocycles. The largest absolute Gasteiger partial charge is 0.467 e. The van der Waals surface area contributed by atoms with E-state index >= 15 is 0 Å². The van der Waals surface area contributed by atoms with Crippen molar-refractivity contribution >= 4 is 46.7 Å². The number of esters is 1. The summed E-state index contributed by atoms with van der Waals surface area (Å²) in [6.07, 6.45) is 0. The Kier molecular flexibility index (Phi) is 5.68. The van der Waals surface area contributed by atoms with Gasteiger partial charge in [0.2, 0.25) is 11.8 Å². The number of anilines is 1. The van der Waals surface area contributed by atoms with E-state index in [2.05, 4.69) is 5.32 Å². The Labute approximate surface area is 206 Å². The lowest BCUT2D eigenvalue weighted by Gasteiger charge is -2.33. The number of imide groups is 1. The average Bonchev–Trinajstić information content (AvgIpc) is 3.35. The van der Waals surface area contributed by atoms with Crippen LogP contribution in [-0.2, 0) is 24.7 Å². The normalized spacial score (nSPS) is 26.0. The van der Waals surface area contributed by atoms with Gasteiger partial charge in [0, 0.05) is 16.1 Å². The molecule has 6 nitrogen and oxygen atoms in total. The molecule has 0 aliphatic carbocycles. The fourth-order valence-corrected chi connectivity index (χ4v) is 5.39. The summed E-state index contributed by atoms with van der Waals surface area (Å²) in [6.45, 7) is 0. The van der Waals surface area contributed by atoms with Crippen molar-refractivity contribution in [3.8, 4) is 0 Å². The van der Waals surface area contributed by atoms with Crippen LogP contribution in [0.3, 0.4) is 0 Å². The maximum Gasteiger partial charge on any atom is 0.331 e. The molecule has 4 atom stereocenters. The Morgan fingerprint density at radius 3 is 2.06 bits per heavy atom. The molecule has 0 unspecified atom stereocenters. The van der Waals surface area contributed by atoms with E-state index in [9.17, 15) is 14.4 Å². The summed E-state index contributed by atoms with van der Waals surface area (Å²) in [5.74, 6) is -3.37. The van der Waals surface area contributed by atoms with Crippen LogP contribution >= 0.6 is 23.2 Å². The van der Waals surface area contributed by atoms with Crippen molar-refractivity contribution < 1.29 is 19.1 Å². The van der Waals surface area contributed by atoms with Crippen LogP contribution in [0.2, 0.25) is 10.0 Å². The summed E-state index contributed by atoms with van der Waals surface area (Å²) < 4.78 is 5.22. The number of methoxy groups -OCH3 is 1. The van der Waals surface area contributed by atoms with Gasteiger partial charge in [0.1, 0.15) is 0 Å². The lowest BCUT2D eigenvalue weighted by atomic mass is 9.75. The van der Waals surface area contributed by atoms with E-state index in [1.165, 1.54) is 7.11 Å². The number of nitrogens with zero attached hydrogens (tertiary/aromatic N) is 1. The molecule has 8 heteroatoms. The maximum absolute atomic E-state index is 13.9. The van der Waals surface area contributed by atoms with E-state index in [-0.39, 0.29) is 0 Å². The van der Waals surface area contributed by atoms with Crippen molar-refractivity contribution in [1.29, 1.82) is 0 Å². The third-order valence-electron chi connectivity index (χ3n) is 6.61. The van der Waals surface area contributed by atoms with E-state index in [0.29, 0.717) is 21.3 Å². The van der Waals surface area contributed by atoms with Crippen LogP contribution in [0.25, 0.3) is 0 Å². The summed E-state index contributed by atoms with van der Waals surface area (Å²) in [5, 5.41) is 4.37. The van der Waals surface area contributed by atoms with Gasteiger partial charge in [-0.3, -0.25) is 14.9 Å². The minimum absolute atomic E-state index is 0.397. The highest BCUT2D eigenvalue weighted by molar-refractivity contribution is 6.31. The highest BCUT2D eigenvalue weighted by atomic mass is 35.5. The number of fused-ring (bicyclic) bond motifs is 1. The molecule has 1 N–H and O–H groups in total. The molecular formula is C26H20Cl2N2O4. The second-order valence-electron chi connectivity index (χ2n) is 8.33. The van der Waals surface area contributed by atoms with Crippen molar-refractivity contribution in [2.24, 2.45) is 11.8 Å². The number of carbonyl (C=O) groups is 3. The molecule has 0 bridgehead atoms. The Morgan fingerprint density at radius 2 is 1.47 bits per heavy atom. The van der Waals surface area contributed by atoms with E-state index in [0.717, 1.165) is 10.5 Å². The SMILES string of the molecule is COC(=O)[C@]1(c2ccccc2)N[C@@H](c2ccc(Cl)cc2)[C@H]2C(=O)N(c3ccc(Cl)cc3)C(=O)[C@H]21. The average molecular weight is 495 g/mol. The van der Waals surface area contributed by atoms with Gasteiger partial charge in [0.15, 0.2) is 5.54 Å². The second kappa shape index (κ2) is 8.55. The number of hydrogen-bond donors (Lipinski definition) is 1. The molecule has 5 rings (SSSR count). The summed E-state index contributed by atoms with van der Waals surface area (Å²) in [7, 11) is 1.28. The van der Waals surface area contributed by atoms with Crippen LogP contribution in [0.5, 0.6) is 0 Å². The molecule has 0 saturated carbocycles. The Bertz CT molecular complexity index is 1260. The number of nitrogens with one attached hydrogen (secondary N) is 1. The molecule has 3 aromatic rings. The molecule has 2 aliphatic rings. The highest BCUT2D eigenvalue weighted by Crippen LogP contribution is 2.54. The third-order valence-corrected chi connectivity index (χ3v) is 7.11. The van der Waals surface area contributed by atoms with Crippen LogP contribution in [-0.4, -0.2) is 24.9 Å². The number of carbonyl (C=O) groups excluding carboxylic acids is 3. The first-order chi connectivity index (χ1) is 16.4. The van der Waals surface area contributed by atoms with Crippen LogP contribution in [0.4, 0.5) is 5.69 Å².